The standard InChI is InChI=1S/C11H11FN2/c12-9-4-2-1-3-8(9)10(14)11(7-13)5-6-11/h1-4,10H,5-6,14H2. The molecule has 0 heterocycles. The monoisotopic (exact) mass is 190 g/mol. The Labute approximate surface area is 82.1 Å². The third kappa shape index (κ3) is 1.28. The fourth-order valence-corrected chi connectivity index (χ4v) is 1.65. The minimum absolute atomic E-state index is 0.318. The van der Waals surface area contributed by atoms with Gasteiger partial charge in [0.05, 0.1) is 17.5 Å². The molecule has 14 heavy (non-hydrogen) atoms. The van der Waals surface area contributed by atoms with Gasteiger partial charge in [-0.25, -0.2) is 4.39 Å². The van der Waals surface area contributed by atoms with Crippen LogP contribution in [0.3, 0.4) is 0 Å². The highest BCUT2D eigenvalue weighted by atomic mass is 19.1. The van der Waals surface area contributed by atoms with Crippen molar-refractivity contribution in [2.45, 2.75) is 18.9 Å². The van der Waals surface area contributed by atoms with E-state index in [4.69, 9.17) is 11.0 Å². The molecule has 1 aliphatic rings. The summed E-state index contributed by atoms with van der Waals surface area (Å²) in [4.78, 5) is 0. The number of nitriles is 1. The van der Waals surface area contributed by atoms with Crippen molar-refractivity contribution in [3.05, 3.63) is 35.6 Å². The van der Waals surface area contributed by atoms with Crippen LogP contribution in [0.4, 0.5) is 4.39 Å². The van der Waals surface area contributed by atoms with Gasteiger partial charge in [0.2, 0.25) is 0 Å². The SMILES string of the molecule is N#CC1(C(N)c2ccccc2F)CC1. The van der Waals surface area contributed by atoms with Crippen molar-refractivity contribution >= 4 is 0 Å². The van der Waals surface area contributed by atoms with E-state index in [1.807, 2.05) is 0 Å². The fraction of sp³-hybridized carbons (Fsp3) is 0.364. The van der Waals surface area contributed by atoms with Crippen molar-refractivity contribution in [1.29, 1.82) is 5.26 Å². The summed E-state index contributed by atoms with van der Waals surface area (Å²) in [7, 11) is 0. The molecule has 2 rings (SSSR count). The molecule has 1 fully saturated rings. The quantitative estimate of drug-likeness (QED) is 0.776. The second-order valence-corrected chi connectivity index (χ2v) is 3.77. The zero-order chi connectivity index (χ0) is 10.2. The second-order valence-electron chi connectivity index (χ2n) is 3.77. The Morgan fingerprint density at radius 1 is 1.43 bits per heavy atom. The van der Waals surface area contributed by atoms with Crippen LogP contribution in [0.1, 0.15) is 24.4 Å². The summed E-state index contributed by atoms with van der Waals surface area (Å²) in [6.07, 6.45) is 1.55. The van der Waals surface area contributed by atoms with Gasteiger partial charge in [-0.15, -0.1) is 0 Å². The van der Waals surface area contributed by atoms with Crippen LogP contribution in [0, 0.1) is 22.6 Å². The van der Waals surface area contributed by atoms with Crippen molar-refractivity contribution in [2.75, 3.05) is 0 Å². The molecule has 2 N–H and O–H groups in total. The first-order valence-electron chi connectivity index (χ1n) is 4.61. The largest absolute Gasteiger partial charge is 0.323 e. The van der Waals surface area contributed by atoms with Crippen LogP contribution >= 0.6 is 0 Å². The predicted molar refractivity (Wildman–Crippen MR) is 50.6 cm³/mol. The highest BCUT2D eigenvalue weighted by Crippen LogP contribution is 2.53. The molecule has 1 aliphatic carbocycles. The van der Waals surface area contributed by atoms with Crippen LogP contribution in [0.5, 0.6) is 0 Å². The summed E-state index contributed by atoms with van der Waals surface area (Å²) in [5.41, 5.74) is 5.82. The number of benzene rings is 1. The molecule has 3 heteroatoms. The predicted octanol–water partition coefficient (Wildman–Crippen LogP) is 2.13. The number of hydrogen-bond donors (Lipinski definition) is 1. The van der Waals surface area contributed by atoms with E-state index in [2.05, 4.69) is 6.07 Å². The molecule has 0 aliphatic heterocycles. The minimum atomic E-state index is -0.512. The van der Waals surface area contributed by atoms with E-state index in [1.165, 1.54) is 6.07 Å². The van der Waals surface area contributed by atoms with Crippen molar-refractivity contribution in [3.8, 4) is 6.07 Å². The van der Waals surface area contributed by atoms with Gasteiger partial charge in [-0.3, -0.25) is 0 Å². The number of hydrogen-bond acceptors (Lipinski definition) is 2. The molecule has 1 unspecified atom stereocenters. The summed E-state index contributed by atoms with van der Waals surface area (Å²) >= 11 is 0. The lowest BCUT2D eigenvalue weighted by molar-refractivity contribution is 0.487. The lowest BCUT2D eigenvalue weighted by Crippen LogP contribution is -2.22. The van der Waals surface area contributed by atoms with Crippen molar-refractivity contribution in [3.63, 3.8) is 0 Å². The first-order valence-corrected chi connectivity index (χ1v) is 4.61. The van der Waals surface area contributed by atoms with E-state index in [-0.39, 0.29) is 5.82 Å². The Morgan fingerprint density at radius 2 is 2.07 bits per heavy atom. The highest BCUT2D eigenvalue weighted by molar-refractivity contribution is 5.29. The maximum atomic E-state index is 13.3. The van der Waals surface area contributed by atoms with Gasteiger partial charge in [0, 0.05) is 5.56 Å². The van der Waals surface area contributed by atoms with Gasteiger partial charge in [0.1, 0.15) is 5.82 Å². The molecule has 0 bridgehead atoms. The van der Waals surface area contributed by atoms with Crippen molar-refractivity contribution < 1.29 is 4.39 Å². The summed E-state index contributed by atoms with van der Waals surface area (Å²) in [6, 6.07) is 8.09. The van der Waals surface area contributed by atoms with E-state index < -0.39 is 11.5 Å². The molecular formula is C11H11FN2. The fourth-order valence-electron chi connectivity index (χ4n) is 1.65. The highest BCUT2D eigenvalue weighted by Gasteiger charge is 2.49. The summed E-state index contributed by atoms with van der Waals surface area (Å²) < 4.78 is 13.3. The molecule has 2 nitrogen and oxygen atoms in total. The Kier molecular flexibility index (Phi) is 2.01. The van der Waals surface area contributed by atoms with Crippen LogP contribution < -0.4 is 5.73 Å². The van der Waals surface area contributed by atoms with E-state index in [0.717, 1.165) is 12.8 Å². The topological polar surface area (TPSA) is 49.8 Å². The Bertz CT molecular complexity index is 391. The van der Waals surface area contributed by atoms with E-state index in [9.17, 15) is 4.39 Å². The van der Waals surface area contributed by atoms with Gasteiger partial charge in [0.25, 0.3) is 0 Å². The van der Waals surface area contributed by atoms with Crippen molar-refractivity contribution in [1.82, 2.24) is 0 Å². The van der Waals surface area contributed by atoms with E-state index in [1.54, 1.807) is 18.2 Å². The average Bonchev–Trinajstić information content (AvgIpc) is 2.98. The summed E-state index contributed by atoms with van der Waals surface area (Å²) in [5.74, 6) is -0.318. The third-order valence-electron chi connectivity index (χ3n) is 2.85. The Morgan fingerprint density at radius 3 is 2.57 bits per heavy atom. The number of halogens is 1. The summed E-state index contributed by atoms with van der Waals surface area (Å²) in [5, 5.41) is 8.93. The van der Waals surface area contributed by atoms with Crippen LogP contribution in [-0.4, -0.2) is 0 Å². The molecule has 0 amide bonds. The van der Waals surface area contributed by atoms with Crippen LogP contribution in [0.2, 0.25) is 0 Å². The van der Waals surface area contributed by atoms with Gasteiger partial charge in [-0.1, -0.05) is 18.2 Å². The molecule has 0 radical (unpaired) electrons. The molecular weight excluding hydrogens is 179 g/mol. The first-order chi connectivity index (χ1) is 6.69. The van der Waals surface area contributed by atoms with Crippen LogP contribution in [-0.2, 0) is 0 Å². The number of nitrogens with zero attached hydrogens (tertiary/aromatic N) is 1. The lowest BCUT2D eigenvalue weighted by atomic mass is 9.92. The minimum Gasteiger partial charge on any atom is -0.323 e. The Hall–Kier alpha value is -1.40. The van der Waals surface area contributed by atoms with E-state index in [0.29, 0.717) is 5.56 Å². The van der Waals surface area contributed by atoms with Gasteiger partial charge in [-0.2, -0.15) is 5.26 Å². The molecule has 0 spiro atoms. The first kappa shape index (κ1) is 9.17. The van der Waals surface area contributed by atoms with E-state index >= 15 is 0 Å². The normalized spacial score (nSPS) is 19.8. The van der Waals surface area contributed by atoms with Gasteiger partial charge in [-0.05, 0) is 18.9 Å². The zero-order valence-electron chi connectivity index (χ0n) is 7.70. The summed E-state index contributed by atoms with van der Waals surface area (Å²) in [6.45, 7) is 0. The maximum absolute atomic E-state index is 13.3. The van der Waals surface area contributed by atoms with Crippen molar-refractivity contribution in [2.24, 2.45) is 11.1 Å². The van der Waals surface area contributed by atoms with Gasteiger partial charge < -0.3 is 5.73 Å². The third-order valence-corrected chi connectivity index (χ3v) is 2.85. The molecule has 1 atom stereocenters. The molecule has 1 aromatic carbocycles. The average molecular weight is 190 g/mol. The van der Waals surface area contributed by atoms with Crippen LogP contribution in [0.15, 0.2) is 24.3 Å². The smallest absolute Gasteiger partial charge is 0.128 e. The maximum Gasteiger partial charge on any atom is 0.128 e. The molecule has 1 saturated carbocycles. The molecule has 72 valence electrons. The second kappa shape index (κ2) is 3.07. The van der Waals surface area contributed by atoms with Gasteiger partial charge in [0.15, 0.2) is 0 Å². The molecule has 1 aromatic rings. The number of nitrogens with two attached hydrogens (primary N) is 1. The number of rotatable bonds is 2. The molecule has 0 aromatic heterocycles. The van der Waals surface area contributed by atoms with Gasteiger partial charge >= 0.3 is 0 Å². The lowest BCUT2D eigenvalue weighted by Gasteiger charge is -2.17. The zero-order valence-corrected chi connectivity index (χ0v) is 7.70. The Balaban J connectivity index is 2.33. The molecule has 0 saturated heterocycles. The van der Waals surface area contributed by atoms with Crippen LogP contribution in [0.25, 0.3) is 0 Å².